The van der Waals surface area contributed by atoms with Crippen LogP contribution in [0.25, 0.3) is 32.9 Å². The zero-order chi connectivity index (χ0) is 31.9. The van der Waals surface area contributed by atoms with Crippen molar-refractivity contribution >= 4 is 27.5 Å². The number of halogens is 3. The summed E-state index contributed by atoms with van der Waals surface area (Å²) in [6.45, 7) is 3.88. The molecule has 4 aliphatic rings. The van der Waals surface area contributed by atoms with Crippen molar-refractivity contribution in [1.29, 1.82) is 0 Å². The number of aliphatic hydroxyl groups excluding tert-OH is 2. The third kappa shape index (κ3) is 4.59. The van der Waals surface area contributed by atoms with E-state index in [2.05, 4.69) is 14.9 Å². The molecule has 9 nitrogen and oxygen atoms in total. The number of hydrogen-bond donors (Lipinski definition) is 3. The molecule has 242 valence electrons. The first-order valence-electron chi connectivity index (χ1n) is 16.1. The number of phenolic OH excluding ortho intramolecular Hbond substituents is 1. The van der Waals surface area contributed by atoms with Crippen LogP contribution < -0.4 is 9.64 Å². The minimum Gasteiger partial charge on any atom is -0.508 e. The number of aromatic nitrogens is 3. The summed E-state index contributed by atoms with van der Waals surface area (Å²) in [5.41, 5.74) is -0.0309. The number of piperidine rings is 1. The minimum absolute atomic E-state index is 0.0643. The third-order valence-corrected chi connectivity index (χ3v) is 10.8. The molecule has 4 aromatic rings. The fourth-order valence-electron chi connectivity index (χ4n) is 8.60. The van der Waals surface area contributed by atoms with E-state index in [4.69, 9.17) is 9.72 Å². The van der Waals surface area contributed by atoms with Gasteiger partial charge in [-0.05, 0) is 66.8 Å². The van der Waals surface area contributed by atoms with E-state index in [1.165, 1.54) is 24.4 Å². The normalized spacial score (nSPS) is 29.3. The van der Waals surface area contributed by atoms with E-state index in [0.29, 0.717) is 66.4 Å². The molecule has 8 rings (SSSR count). The van der Waals surface area contributed by atoms with Gasteiger partial charge in [0.15, 0.2) is 5.82 Å². The molecule has 0 radical (unpaired) electrons. The number of fused-ring (bicyclic) bond motifs is 5. The summed E-state index contributed by atoms with van der Waals surface area (Å²) in [6, 6.07) is 5.69. The number of aromatic hydroxyl groups is 1. The predicted octanol–water partition coefficient (Wildman–Crippen LogP) is 4.52. The average molecular weight is 636 g/mol. The Morgan fingerprint density at radius 1 is 1.07 bits per heavy atom. The van der Waals surface area contributed by atoms with E-state index in [9.17, 15) is 24.1 Å². The third-order valence-electron chi connectivity index (χ3n) is 10.8. The summed E-state index contributed by atoms with van der Waals surface area (Å²) < 4.78 is 52.5. The second-order valence-electron chi connectivity index (χ2n) is 13.5. The number of anilines is 1. The summed E-state index contributed by atoms with van der Waals surface area (Å²) in [6.07, 6.45) is 1.87. The number of rotatable bonds is 6. The van der Waals surface area contributed by atoms with E-state index in [-0.39, 0.29) is 47.0 Å². The van der Waals surface area contributed by atoms with Crippen LogP contribution in [0.4, 0.5) is 19.0 Å². The molecule has 12 heteroatoms. The number of hydrogen-bond acceptors (Lipinski definition) is 9. The zero-order valence-electron chi connectivity index (χ0n) is 25.5. The largest absolute Gasteiger partial charge is 0.508 e. The monoisotopic (exact) mass is 635 g/mol. The van der Waals surface area contributed by atoms with Crippen LogP contribution in [0.2, 0.25) is 0 Å². The van der Waals surface area contributed by atoms with Crippen LogP contribution in [0.1, 0.15) is 38.2 Å². The molecule has 2 aromatic heterocycles. The quantitative estimate of drug-likeness (QED) is 0.281. The predicted molar refractivity (Wildman–Crippen MR) is 166 cm³/mol. The van der Waals surface area contributed by atoms with Crippen LogP contribution >= 0.6 is 0 Å². The van der Waals surface area contributed by atoms with Gasteiger partial charge in [-0.3, -0.25) is 9.88 Å². The molecule has 3 saturated heterocycles. The van der Waals surface area contributed by atoms with Gasteiger partial charge in [-0.1, -0.05) is 13.0 Å². The zero-order valence-corrected chi connectivity index (χ0v) is 25.5. The van der Waals surface area contributed by atoms with Crippen molar-refractivity contribution in [2.75, 3.05) is 37.7 Å². The van der Waals surface area contributed by atoms with Crippen molar-refractivity contribution in [2.24, 2.45) is 11.8 Å². The van der Waals surface area contributed by atoms with Gasteiger partial charge in [0, 0.05) is 49.7 Å². The SMILES string of the molecule is CCc1c(F)ccc2cc(O)cc(-c3ncc4c(N5C[C@@H]6C[C@H](C5)[C@H](O)[C@@H]6O)nc(OC[C@@]56CCCN5C[C@H](F)C6)nc4c3F)c12. The van der Waals surface area contributed by atoms with Gasteiger partial charge in [-0.15, -0.1) is 0 Å². The van der Waals surface area contributed by atoms with Crippen molar-refractivity contribution < 1.29 is 33.2 Å². The lowest BCUT2D eigenvalue weighted by Gasteiger charge is -2.34. The van der Waals surface area contributed by atoms with Gasteiger partial charge >= 0.3 is 6.01 Å². The molecule has 0 amide bonds. The van der Waals surface area contributed by atoms with Gasteiger partial charge in [-0.25, -0.2) is 13.2 Å². The van der Waals surface area contributed by atoms with Gasteiger partial charge in [0.1, 0.15) is 41.4 Å². The maximum Gasteiger partial charge on any atom is 0.319 e. The van der Waals surface area contributed by atoms with E-state index in [1.54, 1.807) is 6.07 Å². The molecule has 3 aliphatic heterocycles. The number of benzene rings is 2. The molecule has 0 spiro atoms. The maximum absolute atomic E-state index is 16.8. The van der Waals surface area contributed by atoms with Crippen LogP contribution in [0, 0.1) is 23.5 Å². The number of alkyl halides is 1. The molecule has 4 fully saturated rings. The second-order valence-corrected chi connectivity index (χ2v) is 13.5. The van der Waals surface area contributed by atoms with Crippen LogP contribution in [0.5, 0.6) is 11.8 Å². The Kier molecular flexibility index (Phi) is 7.04. The van der Waals surface area contributed by atoms with Gasteiger partial charge in [0.2, 0.25) is 0 Å². The number of aryl methyl sites for hydroxylation is 1. The highest BCUT2D eigenvalue weighted by molar-refractivity contribution is 6.01. The number of ether oxygens (including phenoxy) is 1. The van der Waals surface area contributed by atoms with E-state index < -0.39 is 35.6 Å². The topological polar surface area (TPSA) is 115 Å². The second kappa shape index (κ2) is 10.9. The first-order valence-corrected chi connectivity index (χ1v) is 16.1. The first-order chi connectivity index (χ1) is 22.2. The van der Waals surface area contributed by atoms with Crippen LogP contribution in [0.15, 0.2) is 30.5 Å². The summed E-state index contributed by atoms with van der Waals surface area (Å²) in [5, 5.41) is 33.1. The fourth-order valence-corrected chi connectivity index (χ4v) is 8.60. The Morgan fingerprint density at radius 2 is 1.85 bits per heavy atom. The van der Waals surface area contributed by atoms with E-state index in [0.717, 1.165) is 19.4 Å². The molecule has 0 unspecified atom stereocenters. The van der Waals surface area contributed by atoms with Gasteiger partial charge in [0.25, 0.3) is 0 Å². The average Bonchev–Trinajstić information content (AvgIpc) is 3.64. The van der Waals surface area contributed by atoms with Crippen molar-refractivity contribution in [3.8, 4) is 23.0 Å². The Bertz CT molecular complexity index is 1850. The van der Waals surface area contributed by atoms with E-state index >= 15 is 4.39 Å². The Labute approximate surface area is 263 Å². The maximum atomic E-state index is 16.8. The molecule has 5 heterocycles. The van der Waals surface area contributed by atoms with Gasteiger partial charge < -0.3 is 25.0 Å². The summed E-state index contributed by atoms with van der Waals surface area (Å²) in [4.78, 5) is 17.8. The fraction of sp³-hybridized carbons (Fsp3) is 0.500. The van der Waals surface area contributed by atoms with Crippen molar-refractivity contribution in [1.82, 2.24) is 19.9 Å². The van der Waals surface area contributed by atoms with Crippen molar-refractivity contribution in [3.63, 3.8) is 0 Å². The Morgan fingerprint density at radius 3 is 2.61 bits per heavy atom. The van der Waals surface area contributed by atoms with Crippen molar-refractivity contribution in [2.45, 2.75) is 62.9 Å². The lowest BCUT2D eigenvalue weighted by molar-refractivity contribution is 0.0130. The molecule has 1 saturated carbocycles. The molecule has 2 aromatic carbocycles. The molecule has 6 atom stereocenters. The minimum atomic E-state index is -0.945. The highest BCUT2D eigenvalue weighted by atomic mass is 19.1. The number of pyridine rings is 1. The lowest BCUT2D eigenvalue weighted by Crippen LogP contribution is -2.43. The highest BCUT2D eigenvalue weighted by Crippen LogP contribution is 2.44. The highest BCUT2D eigenvalue weighted by Gasteiger charge is 2.50. The molecule has 2 bridgehead atoms. The first kappa shape index (κ1) is 29.6. The standard InChI is InChI=1S/C34H36F3N5O4/c1-2-22-25(36)5-4-17-9-21(43)10-23(26(17)22)28-27(37)29-24(12-38-28)32(41-13-18-8-19(14-41)31(45)30(18)44)40-33(39-29)46-16-34-6-3-7-42(34)15-20(35)11-34/h4-5,9-10,12,18-20,30-31,43-45H,2-3,6-8,11,13-16H2,1H3/t18-,19+,20-,30+,31-,34+/m1/s1. The number of phenols is 1. The molecular formula is C34H36F3N5O4. The Hall–Kier alpha value is -3.74. The molecule has 46 heavy (non-hydrogen) atoms. The van der Waals surface area contributed by atoms with Gasteiger partial charge in [0.05, 0.1) is 23.1 Å². The smallest absolute Gasteiger partial charge is 0.319 e. The molecular weight excluding hydrogens is 599 g/mol. The van der Waals surface area contributed by atoms with Crippen LogP contribution in [-0.4, -0.2) is 91.9 Å². The summed E-state index contributed by atoms with van der Waals surface area (Å²) in [7, 11) is 0. The lowest BCUT2D eigenvalue weighted by atomic mass is 9.94. The number of aliphatic hydroxyl groups is 2. The Balaban J connectivity index is 1.27. The summed E-state index contributed by atoms with van der Waals surface area (Å²) >= 11 is 0. The van der Waals surface area contributed by atoms with Crippen molar-refractivity contribution in [3.05, 3.63) is 47.7 Å². The summed E-state index contributed by atoms with van der Waals surface area (Å²) in [5.74, 6) is -1.34. The van der Waals surface area contributed by atoms with Crippen LogP contribution in [0.3, 0.4) is 0 Å². The number of nitrogens with zero attached hydrogens (tertiary/aromatic N) is 5. The molecule has 3 N–H and O–H groups in total. The van der Waals surface area contributed by atoms with Gasteiger partial charge in [-0.2, -0.15) is 9.97 Å². The van der Waals surface area contributed by atoms with Crippen LogP contribution in [-0.2, 0) is 6.42 Å². The van der Waals surface area contributed by atoms with E-state index in [1.807, 2.05) is 11.8 Å². The molecule has 1 aliphatic carbocycles.